The van der Waals surface area contributed by atoms with E-state index < -0.39 is 5.41 Å². The largest absolute Gasteiger partial charge is 0.494 e. The predicted molar refractivity (Wildman–Crippen MR) is 97.4 cm³/mol. The molecular weight excluding hydrogens is 300 g/mol. The number of hydrogen-bond acceptors (Lipinski definition) is 3. The van der Waals surface area contributed by atoms with E-state index in [-0.39, 0.29) is 5.91 Å². The fourth-order valence-corrected chi connectivity index (χ4v) is 2.76. The van der Waals surface area contributed by atoms with Gasteiger partial charge in [-0.3, -0.25) is 10.2 Å². The Hall–Kier alpha value is -2.49. The van der Waals surface area contributed by atoms with Gasteiger partial charge in [0.25, 0.3) is 0 Å². The molecule has 4 nitrogen and oxygen atoms in total. The van der Waals surface area contributed by atoms with Crippen LogP contribution in [-0.2, 0) is 4.79 Å². The molecule has 0 spiro atoms. The molecule has 1 amide bonds. The van der Waals surface area contributed by atoms with Crippen LogP contribution < -0.4 is 15.6 Å². The molecule has 0 atom stereocenters. The Morgan fingerprint density at radius 1 is 1.17 bits per heavy atom. The first kappa shape index (κ1) is 16.4. The van der Waals surface area contributed by atoms with E-state index in [2.05, 4.69) is 42.0 Å². The van der Waals surface area contributed by atoms with Crippen LogP contribution in [0.25, 0.3) is 16.8 Å². The van der Waals surface area contributed by atoms with E-state index in [1.165, 1.54) is 0 Å². The molecule has 24 heavy (non-hydrogen) atoms. The van der Waals surface area contributed by atoms with Crippen molar-refractivity contribution in [2.75, 3.05) is 6.61 Å². The Labute approximate surface area is 142 Å². The van der Waals surface area contributed by atoms with Gasteiger partial charge in [-0.2, -0.15) is 0 Å². The van der Waals surface area contributed by atoms with Gasteiger partial charge in [0.05, 0.1) is 12.0 Å². The number of amides is 1. The molecule has 0 aliphatic carbocycles. The number of fused-ring (bicyclic) bond motifs is 1. The van der Waals surface area contributed by atoms with E-state index in [0.29, 0.717) is 0 Å². The van der Waals surface area contributed by atoms with E-state index in [4.69, 9.17) is 4.74 Å². The van der Waals surface area contributed by atoms with E-state index in [1.807, 2.05) is 32.1 Å². The summed E-state index contributed by atoms with van der Waals surface area (Å²) < 4.78 is 5.83. The summed E-state index contributed by atoms with van der Waals surface area (Å²) in [4.78, 5) is 11.9. The van der Waals surface area contributed by atoms with E-state index in [9.17, 15) is 4.79 Å². The van der Waals surface area contributed by atoms with Crippen molar-refractivity contribution in [2.24, 2.45) is 5.41 Å². The van der Waals surface area contributed by atoms with Crippen LogP contribution in [0.2, 0.25) is 0 Å². The quantitative estimate of drug-likeness (QED) is 0.817. The molecule has 0 saturated carbocycles. The van der Waals surface area contributed by atoms with Gasteiger partial charge in [0, 0.05) is 5.70 Å². The number of unbranched alkanes of at least 4 members (excludes halogenated alkanes) is 1. The minimum Gasteiger partial charge on any atom is -0.494 e. The summed E-state index contributed by atoms with van der Waals surface area (Å²) >= 11 is 0. The third-order valence-electron chi connectivity index (χ3n) is 4.51. The maximum atomic E-state index is 11.9. The molecule has 126 valence electrons. The van der Waals surface area contributed by atoms with Gasteiger partial charge in [0.1, 0.15) is 5.75 Å². The molecular formula is C20H24N2O2. The Kier molecular flexibility index (Phi) is 4.47. The molecule has 0 aromatic heterocycles. The normalized spacial score (nSPS) is 17.8. The van der Waals surface area contributed by atoms with Gasteiger partial charge in [-0.25, -0.2) is 0 Å². The zero-order valence-corrected chi connectivity index (χ0v) is 14.5. The summed E-state index contributed by atoms with van der Waals surface area (Å²) in [6.07, 6.45) is 4.21. The average molecular weight is 324 g/mol. The molecule has 2 aromatic carbocycles. The monoisotopic (exact) mass is 324 g/mol. The topological polar surface area (TPSA) is 50.4 Å². The van der Waals surface area contributed by atoms with Crippen molar-refractivity contribution in [3.8, 4) is 5.75 Å². The minimum absolute atomic E-state index is 0.0161. The van der Waals surface area contributed by atoms with Crippen molar-refractivity contribution in [3.63, 3.8) is 0 Å². The lowest BCUT2D eigenvalue weighted by Crippen LogP contribution is -2.28. The van der Waals surface area contributed by atoms with Crippen LogP contribution in [0.4, 0.5) is 0 Å². The van der Waals surface area contributed by atoms with Gasteiger partial charge in [0.2, 0.25) is 5.91 Å². The fourth-order valence-electron chi connectivity index (χ4n) is 2.76. The van der Waals surface area contributed by atoms with Crippen molar-refractivity contribution in [2.45, 2.75) is 33.6 Å². The summed E-state index contributed by atoms with van der Waals surface area (Å²) in [5.74, 6) is 0.868. The number of nitrogens with one attached hydrogen (secondary N) is 2. The molecule has 1 saturated heterocycles. The van der Waals surface area contributed by atoms with Crippen molar-refractivity contribution in [1.82, 2.24) is 10.9 Å². The Balaban J connectivity index is 1.98. The van der Waals surface area contributed by atoms with Gasteiger partial charge in [-0.1, -0.05) is 37.6 Å². The molecule has 4 heteroatoms. The van der Waals surface area contributed by atoms with Gasteiger partial charge in [-0.05, 0) is 54.8 Å². The van der Waals surface area contributed by atoms with Crippen LogP contribution in [0.15, 0.2) is 42.1 Å². The summed E-state index contributed by atoms with van der Waals surface area (Å²) in [7, 11) is 0. The molecule has 3 rings (SSSR count). The van der Waals surface area contributed by atoms with E-state index in [0.717, 1.165) is 47.2 Å². The molecule has 1 fully saturated rings. The Bertz CT molecular complexity index is 793. The average Bonchev–Trinajstić information content (AvgIpc) is 2.82. The third-order valence-corrected chi connectivity index (χ3v) is 4.51. The third kappa shape index (κ3) is 3.09. The van der Waals surface area contributed by atoms with Crippen LogP contribution in [0.3, 0.4) is 0 Å². The zero-order chi connectivity index (χ0) is 17.2. The summed E-state index contributed by atoms with van der Waals surface area (Å²) in [6.45, 7) is 6.72. The van der Waals surface area contributed by atoms with Crippen molar-refractivity contribution in [1.29, 1.82) is 0 Å². The standard InChI is InChI=1S/C20H24N2O2/c1-4-5-11-24-16-10-9-14-7-6-8-15(17(14)13-16)12-18-20(2,3)19(23)22-21-18/h6-10,12-13,21H,4-5,11H2,1-3H3,(H,22,23)/b18-12-. The first-order chi connectivity index (χ1) is 11.5. The zero-order valence-electron chi connectivity index (χ0n) is 14.5. The smallest absolute Gasteiger partial charge is 0.249 e. The van der Waals surface area contributed by atoms with Gasteiger partial charge >= 0.3 is 0 Å². The second-order valence-corrected chi connectivity index (χ2v) is 6.69. The molecule has 1 aliphatic heterocycles. The fraction of sp³-hybridized carbons (Fsp3) is 0.350. The number of hydrogen-bond donors (Lipinski definition) is 2. The summed E-state index contributed by atoms with van der Waals surface area (Å²) in [5, 5.41) is 2.28. The van der Waals surface area contributed by atoms with Crippen LogP contribution in [-0.4, -0.2) is 12.5 Å². The summed E-state index contributed by atoms with van der Waals surface area (Å²) in [6, 6.07) is 12.3. The lowest BCUT2D eigenvalue weighted by molar-refractivity contribution is -0.125. The molecule has 0 unspecified atom stereocenters. The van der Waals surface area contributed by atoms with E-state index >= 15 is 0 Å². The summed E-state index contributed by atoms with van der Waals surface area (Å²) in [5.41, 5.74) is 7.07. The van der Waals surface area contributed by atoms with Gasteiger partial charge in [0.15, 0.2) is 0 Å². The highest BCUT2D eigenvalue weighted by atomic mass is 16.5. The first-order valence-electron chi connectivity index (χ1n) is 8.46. The van der Waals surface area contributed by atoms with Crippen molar-refractivity contribution >= 4 is 22.8 Å². The molecule has 0 bridgehead atoms. The molecule has 1 heterocycles. The van der Waals surface area contributed by atoms with Crippen molar-refractivity contribution in [3.05, 3.63) is 47.7 Å². The van der Waals surface area contributed by atoms with Crippen molar-refractivity contribution < 1.29 is 9.53 Å². The van der Waals surface area contributed by atoms with E-state index in [1.54, 1.807) is 0 Å². The van der Waals surface area contributed by atoms with Crippen LogP contribution in [0.1, 0.15) is 39.2 Å². The number of carbonyl (C=O) groups excluding carboxylic acids is 1. The lowest BCUT2D eigenvalue weighted by atomic mass is 9.88. The molecule has 2 N–H and O–H groups in total. The molecule has 2 aromatic rings. The SMILES string of the molecule is CCCCOc1ccc2cccc(/C=C3\NNC(=O)C3(C)C)c2c1. The van der Waals surface area contributed by atoms with Crippen LogP contribution >= 0.6 is 0 Å². The number of ether oxygens (including phenoxy) is 1. The van der Waals surface area contributed by atoms with Gasteiger partial charge in [-0.15, -0.1) is 0 Å². The molecule has 1 aliphatic rings. The maximum absolute atomic E-state index is 11.9. The number of hydrazine groups is 1. The highest BCUT2D eigenvalue weighted by Gasteiger charge is 2.37. The number of rotatable bonds is 5. The highest BCUT2D eigenvalue weighted by Crippen LogP contribution is 2.32. The Morgan fingerprint density at radius 2 is 2.00 bits per heavy atom. The number of benzene rings is 2. The molecule has 0 radical (unpaired) electrons. The second kappa shape index (κ2) is 6.56. The lowest BCUT2D eigenvalue weighted by Gasteiger charge is -2.15. The minimum atomic E-state index is -0.558. The van der Waals surface area contributed by atoms with Crippen LogP contribution in [0, 0.1) is 5.41 Å². The Morgan fingerprint density at radius 3 is 2.71 bits per heavy atom. The second-order valence-electron chi connectivity index (χ2n) is 6.69. The van der Waals surface area contributed by atoms with Crippen LogP contribution in [0.5, 0.6) is 5.75 Å². The number of carbonyl (C=O) groups is 1. The predicted octanol–water partition coefficient (Wildman–Crippen LogP) is 4.02. The maximum Gasteiger partial charge on any atom is 0.249 e. The van der Waals surface area contributed by atoms with Gasteiger partial charge < -0.3 is 10.2 Å². The first-order valence-corrected chi connectivity index (χ1v) is 8.46. The highest BCUT2D eigenvalue weighted by molar-refractivity contribution is 5.94.